The molecule has 80 valence electrons. The van der Waals surface area contributed by atoms with Crippen molar-refractivity contribution in [3.63, 3.8) is 0 Å². The average molecular weight is 235 g/mol. The molecule has 0 atom stereocenters. The van der Waals surface area contributed by atoms with E-state index in [1.165, 1.54) is 18.5 Å². The number of hydrogen-bond donors (Lipinski definition) is 1. The fraction of sp³-hybridized carbons (Fsp3) is 0. The van der Waals surface area contributed by atoms with E-state index in [-0.39, 0.29) is 5.15 Å². The van der Waals surface area contributed by atoms with Gasteiger partial charge in [0, 0.05) is 17.3 Å². The summed E-state index contributed by atoms with van der Waals surface area (Å²) in [6.07, 6.45) is 2.86. The number of rotatable bonds is 1. The molecule has 0 aliphatic heterocycles. The lowest BCUT2D eigenvalue weighted by Crippen LogP contribution is -2.06. The Hall–Kier alpha value is -1.62. The van der Waals surface area contributed by atoms with Crippen LogP contribution >= 0.6 is 11.6 Å². The molecule has 0 fully saturated rings. The first-order chi connectivity index (χ1) is 7.58. The maximum atomic E-state index is 13.5. The third-order valence-corrected chi connectivity index (χ3v) is 2.37. The van der Waals surface area contributed by atoms with E-state index in [0.29, 0.717) is 16.8 Å². The molecule has 2 N–H and O–H groups in total. The summed E-state index contributed by atoms with van der Waals surface area (Å²) in [5, 5.41) is 0.269. The summed E-state index contributed by atoms with van der Waals surface area (Å²) in [4.78, 5) is 7.45. The zero-order valence-corrected chi connectivity index (χ0v) is 9.29. The van der Waals surface area contributed by atoms with Crippen molar-refractivity contribution in [2.24, 2.45) is 0 Å². The van der Waals surface area contributed by atoms with Crippen molar-refractivity contribution in [2.45, 2.75) is 0 Å². The Kier molecular flexibility index (Phi) is 2.79. The van der Waals surface area contributed by atoms with Crippen molar-refractivity contribution in [2.75, 3.05) is 5.73 Å². The Labute approximate surface area is 97.9 Å². The second kappa shape index (κ2) is 4.10. The van der Waals surface area contributed by atoms with Gasteiger partial charge in [0.1, 0.15) is 13.0 Å². The molecule has 2 aromatic rings. The van der Waals surface area contributed by atoms with Gasteiger partial charge in [-0.05, 0) is 6.07 Å². The first-order valence-corrected chi connectivity index (χ1v) is 4.99. The minimum atomic E-state index is -0.570. The molecule has 0 aliphatic rings. The van der Waals surface area contributed by atoms with Gasteiger partial charge in [0.05, 0.1) is 11.9 Å². The summed E-state index contributed by atoms with van der Waals surface area (Å²) in [5.74, 6) is -0.570. The van der Waals surface area contributed by atoms with Crippen LogP contribution in [0.3, 0.4) is 0 Å². The lowest BCUT2D eigenvalue weighted by molar-refractivity contribution is 0.588. The van der Waals surface area contributed by atoms with E-state index in [4.69, 9.17) is 17.3 Å². The van der Waals surface area contributed by atoms with E-state index in [9.17, 15) is 4.39 Å². The predicted molar refractivity (Wildman–Crippen MR) is 65.0 cm³/mol. The Morgan fingerprint density at radius 1 is 1.19 bits per heavy atom. The largest absolute Gasteiger partial charge is 0.397 e. The van der Waals surface area contributed by atoms with Crippen LogP contribution in [0.1, 0.15) is 0 Å². The standard InChI is InChI=1S/C10H8BClFN3/c11-5-1-7(10(13)16-3-5)6-2-9(12)15-4-8(6)14/h1-4H,11,14H2. The molecule has 0 unspecified atom stereocenters. The summed E-state index contributed by atoms with van der Waals surface area (Å²) in [5.41, 5.74) is 7.79. The Morgan fingerprint density at radius 3 is 2.69 bits per heavy atom. The van der Waals surface area contributed by atoms with E-state index < -0.39 is 5.95 Å². The van der Waals surface area contributed by atoms with Gasteiger partial charge in [0.15, 0.2) is 0 Å². The van der Waals surface area contributed by atoms with Crippen LogP contribution in [0, 0.1) is 5.95 Å². The zero-order chi connectivity index (χ0) is 11.7. The molecule has 0 saturated carbocycles. The number of nitrogens with zero attached hydrogens (tertiary/aromatic N) is 2. The molecule has 2 aromatic heterocycles. The molecule has 0 radical (unpaired) electrons. The summed E-state index contributed by atoms with van der Waals surface area (Å²) >= 11 is 5.75. The van der Waals surface area contributed by atoms with Crippen LogP contribution in [-0.2, 0) is 0 Å². The van der Waals surface area contributed by atoms with Crippen LogP contribution in [-0.4, -0.2) is 17.8 Å². The van der Waals surface area contributed by atoms with Crippen LogP contribution < -0.4 is 11.2 Å². The fourth-order valence-electron chi connectivity index (χ4n) is 1.42. The Balaban J connectivity index is 2.66. The van der Waals surface area contributed by atoms with E-state index in [0.717, 1.165) is 5.46 Å². The number of halogens is 2. The van der Waals surface area contributed by atoms with Crippen molar-refractivity contribution < 1.29 is 4.39 Å². The molecule has 0 amide bonds. The number of nitrogen functional groups attached to an aromatic ring is 1. The molecule has 0 bridgehead atoms. The second-order valence-electron chi connectivity index (χ2n) is 3.45. The summed E-state index contributed by atoms with van der Waals surface area (Å²) in [7, 11) is 1.83. The van der Waals surface area contributed by atoms with Gasteiger partial charge in [-0.3, -0.25) is 0 Å². The average Bonchev–Trinajstić information content (AvgIpc) is 2.25. The molecule has 0 aromatic carbocycles. The summed E-state index contributed by atoms with van der Waals surface area (Å²) < 4.78 is 13.5. The molecular formula is C10H8BClFN3. The van der Waals surface area contributed by atoms with E-state index in [1.807, 2.05) is 7.85 Å². The van der Waals surface area contributed by atoms with Crippen LogP contribution in [0.25, 0.3) is 11.1 Å². The molecule has 0 aliphatic carbocycles. The molecule has 2 heterocycles. The van der Waals surface area contributed by atoms with Gasteiger partial charge >= 0.3 is 0 Å². The van der Waals surface area contributed by atoms with Crippen molar-refractivity contribution >= 4 is 30.6 Å². The van der Waals surface area contributed by atoms with Gasteiger partial charge in [-0.25, -0.2) is 9.97 Å². The highest BCUT2D eigenvalue weighted by Gasteiger charge is 2.10. The number of hydrogen-bond acceptors (Lipinski definition) is 3. The number of anilines is 1. The van der Waals surface area contributed by atoms with Crippen molar-refractivity contribution in [1.82, 2.24) is 9.97 Å². The van der Waals surface area contributed by atoms with Gasteiger partial charge in [-0.2, -0.15) is 4.39 Å². The topological polar surface area (TPSA) is 51.8 Å². The first kappa shape index (κ1) is 10.9. The van der Waals surface area contributed by atoms with E-state index in [1.54, 1.807) is 6.07 Å². The zero-order valence-electron chi connectivity index (χ0n) is 8.54. The summed E-state index contributed by atoms with van der Waals surface area (Å²) in [6.45, 7) is 0. The third kappa shape index (κ3) is 1.99. The second-order valence-corrected chi connectivity index (χ2v) is 3.83. The SMILES string of the molecule is Bc1cnc(F)c(-c2cc(Cl)ncc2N)c1. The highest BCUT2D eigenvalue weighted by atomic mass is 35.5. The Bertz CT molecular complexity index is 498. The first-order valence-electron chi connectivity index (χ1n) is 4.61. The van der Waals surface area contributed by atoms with Crippen LogP contribution in [0.5, 0.6) is 0 Å². The quantitative estimate of drug-likeness (QED) is 0.587. The predicted octanol–water partition coefficient (Wildman–Crippen LogP) is 0.777. The van der Waals surface area contributed by atoms with Gasteiger partial charge in [-0.1, -0.05) is 23.1 Å². The third-order valence-electron chi connectivity index (χ3n) is 2.17. The van der Waals surface area contributed by atoms with Gasteiger partial charge in [-0.15, -0.1) is 0 Å². The molecule has 2 rings (SSSR count). The molecule has 0 saturated heterocycles. The lowest BCUT2D eigenvalue weighted by Gasteiger charge is -2.07. The summed E-state index contributed by atoms with van der Waals surface area (Å²) in [6, 6.07) is 3.20. The van der Waals surface area contributed by atoms with Crippen LogP contribution in [0.15, 0.2) is 24.5 Å². The molecule has 0 spiro atoms. The smallest absolute Gasteiger partial charge is 0.220 e. The number of aromatic nitrogens is 2. The number of nitrogens with two attached hydrogens (primary N) is 1. The minimum absolute atomic E-state index is 0.269. The highest BCUT2D eigenvalue weighted by molar-refractivity contribution is 6.32. The molecule has 16 heavy (non-hydrogen) atoms. The molecule has 6 heteroatoms. The monoisotopic (exact) mass is 235 g/mol. The van der Waals surface area contributed by atoms with Crippen molar-refractivity contribution in [1.29, 1.82) is 0 Å². The van der Waals surface area contributed by atoms with Gasteiger partial charge in [0.2, 0.25) is 5.95 Å². The van der Waals surface area contributed by atoms with Crippen molar-refractivity contribution in [3.8, 4) is 11.1 Å². The van der Waals surface area contributed by atoms with E-state index in [2.05, 4.69) is 9.97 Å². The highest BCUT2D eigenvalue weighted by Crippen LogP contribution is 2.27. The maximum Gasteiger partial charge on any atom is 0.220 e. The lowest BCUT2D eigenvalue weighted by atomic mass is 9.95. The normalized spacial score (nSPS) is 10.4. The minimum Gasteiger partial charge on any atom is -0.397 e. The maximum absolute atomic E-state index is 13.5. The van der Waals surface area contributed by atoms with Crippen molar-refractivity contribution in [3.05, 3.63) is 35.6 Å². The Morgan fingerprint density at radius 2 is 1.94 bits per heavy atom. The molecule has 3 nitrogen and oxygen atoms in total. The van der Waals surface area contributed by atoms with Crippen LogP contribution in [0.2, 0.25) is 5.15 Å². The van der Waals surface area contributed by atoms with Crippen LogP contribution in [0.4, 0.5) is 10.1 Å². The fourth-order valence-corrected chi connectivity index (χ4v) is 1.57. The number of pyridine rings is 2. The molecular weight excluding hydrogens is 227 g/mol. The van der Waals surface area contributed by atoms with Gasteiger partial charge < -0.3 is 5.73 Å². The van der Waals surface area contributed by atoms with Gasteiger partial charge in [0.25, 0.3) is 0 Å². The van der Waals surface area contributed by atoms with E-state index >= 15 is 0 Å².